The Morgan fingerprint density at radius 3 is 2.67 bits per heavy atom. The average molecular weight is 279 g/mol. The van der Waals surface area contributed by atoms with Crippen molar-refractivity contribution in [2.75, 3.05) is 5.73 Å². The van der Waals surface area contributed by atoms with Crippen LogP contribution in [0.5, 0.6) is 0 Å². The lowest BCUT2D eigenvalue weighted by atomic mass is 10.2. The zero-order chi connectivity index (χ0) is 14.2. The van der Waals surface area contributed by atoms with Crippen molar-refractivity contribution in [3.63, 3.8) is 0 Å². The number of anilines is 1. The van der Waals surface area contributed by atoms with Crippen molar-refractivity contribution in [2.45, 2.75) is 0 Å². The van der Waals surface area contributed by atoms with Gasteiger partial charge in [0.15, 0.2) is 17.3 Å². The first-order chi connectivity index (χ1) is 10.3. The van der Waals surface area contributed by atoms with Crippen LogP contribution in [0.1, 0.15) is 0 Å². The zero-order valence-electron chi connectivity index (χ0n) is 10.7. The van der Waals surface area contributed by atoms with Crippen LogP contribution < -0.4 is 5.73 Å². The van der Waals surface area contributed by atoms with Gasteiger partial charge in [-0.3, -0.25) is 0 Å². The van der Waals surface area contributed by atoms with E-state index in [1.54, 1.807) is 35.3 Å². The summed E-state index contributed by atoms with van der Waals surface area (Å²) in [6, 6.07) is 10.9. The molecule has 3 aromatic heterocycles. The van der Waals surface area contributed by atoms with Crippen molar-refractivity contribution < 1.29 is 0 Å². The predicted octanol–water partition coefficient (Wildman–Crippen LogP) is 0.349. The molecule has 1 aromatic carbocycles. The van der Waals surface area contributed by atoms with Gasteiger partial charge in [0.1, 0.15) is 6.33 Å². The minimum atomic E-state index is 0.567. The third-order valence-electron chi connectivity index (χ3n) is 2.95. The predicted molar refractivity (Wildman–Crippen MR) is 73.3 cm³/mol. The summed E-state index contributed by atoms with van der Waals surface area (Å²) in [6.45, 7) is 0. The molecule has 9 heteroatoms. The van der Waals surface area contributed by atoms with Crippen LogP contribution in [0.2, 0.25) is 0 Å². The molecule has 102 valence electrons. The van der Waals surface area contributed by atoms with Crippen LogP contribution in [0, 0.1) is 0 Å². The molecular weight excluding hydrogens is 270 g/mol. The molecule has 0 saturated carbocycles. The number of hydrogen-bond acceptors (Lipinski definition) is 7. The highest BCUT2D eigenvalue weighted by molar-refractivity contribution is 5.58. The maximum atomic E-state index is 5.67. The van der Waals surface area contributed by atoms with Crippen LogP contribution in [0.25, 0.3) is 22.9 Å². The molecule has 4 aromatic rings. The van der Waals surface area contributed by atoms with E-state index >= 15 is 0 Å². The van der Waals surface area contributed by atoms with Gasteiger partial charge in [-0.05, 0) is 46.8 Å². The summed E-state index contributed by atoms with van der Waals surface area (Å²) >= 11 is 0. The van der Waals surface area contributed by atoms with Gasteiger partial charge in [0.2, 0.25) is 0 Å². The molecule has 9 nitrogen and oxygen atoms in total. The molecule has 0 saturated heterocycles. The van der Waals surface area contributed by atoms with E-state index in [1.165, 1.54) is 4.63 Å². The summed E-state index contributed by atoms with van der Waals surface area (Å²) in [5, 5.41) is 19.7. The number of nitrogens with two attached hydrogens (primary N) is 1. The first kappa shape index (κ1) is 11.5. The van der Waals surface area contributed by atoms with Crippen molar-refractivity contribution in [1.29, 1.82) is 0 Å². The SMILES string of the molecule is Nc1ccc(-c2ncn(-c3ccc4nnnn4n3)n2)cc1. The lowest BCUT2D eigenvalue weighted by molar-refractivity contribution is 0.702. The van der Waals surface area contributed by atoms with E-state index in [-0.39, 0.29) is 0 Å². The summed E-state index contributed by atoms with van der Waals surface area (Å²) < 4.78 is 2.90. The van der Waals surface area contributed by atoms with Gasteiger partial charge in [-0.2, -0.15) is 0 Å². The van der Waals surface area contributed by atoms with Gasteiger partial charge in [0, 0.05) is 11.3 Å². The fourth-order valence-corrected chi connectivity index (χ4v) is 1.90. The van der Waals surface area contributed by atoms with Crippen LogP contribution >= 0.6 is 0 Å². The van der Waals surface area contributed by atoms with Gasteiger partial charge < -0.3 is 5.73 Å². The Labute approximate surface area is 118 Å². The van der Waals surface area contributed by atoms with Crippen molar-refractivity contribution in [2.24, 2.45) is 0 Å². The van der Waals surface area contributed by atoms with E-state index in [4.69, 9.17) is 5.73 Å². The quantitative estimate of drug-likeness (QED) is 0.527. The second-order valence-electron chi connectivity index (χ2n) is 4.35. The summed E-state index contributed by atoms with van der Waals surface area (Å²) in [7, 11) is 0. The topological polar surface area (TPSA) is 113 Å². The monoisotopic (exact) mass is 279 g/mol. The molecule has 0 aliphatic carbocycles. The molecule has 0 fully saturated rings. The molecular formula is C12H9N9. The highest BCUT2D eigenvalue weighted by atomic mass is 15.6. The highest BCUT2D eigenvalue weighted by Crippen LogP contribution is 2.16. The van der Waals surface area contributed by atoms with E-state index in [1.807, 2.05) is 12.1 Å². The summed E-state index contributed by atoms with van der Waals surface area (Å²) in [5.74, 6) is 1.16. The third-order valence-corrected chi connectivity index (χ3v) is 2.95. The number of fused-ring (bicyclic) bond motifs is 1. The first-order valence-electron chi connectivity index (χ1n) is 6.13. The van der Waals surface area contributed by atoms with Crippen LogP contribution in [0.15, 0.2) is 42.7 Å². The molecule has 4 rings (SSSR count). The van der Waals surface area contributed by atoms with Crippen molar-refractivity contribution in [3.05, 3.63) is 42.7 Å². The van der Waals surface area contributed by atoms with Crippen molar-refractivity contribution in [1.82, 2.24) is 40.0 Å². The Bertz CT molecular complexity index is 906. The summed E-state index contributed by atoms with van der Waals surface area (Å²) in [5.41, 5.74) is 7.81. The molecule has 0 atom stereocenters. The van der Waals surface area contributed by atoms with Crippen LogP contribution in [-0.4, -0.2) is 40.0 Å². The maximum absolute atomic E-state index is 5.67. The van der Waals surface area contributed by atoms with Gasteiger partial charge in [0.25, 0.3) is 0 Å². The molecule has 0 aliphatic heterocycles. The average Bonchev–Trinajstić information content (AvgIpc) is 3.16. The minimum Gasteiger partial charge on any atom is -0.399 e. The first-order valence-corrected chi connectivity index (χ1v) is 6.13. The van der Waals surface area contributed by atoms with Gasteiger partial charge in [-0.15, -0.1) is 19.9 Å². The summed E-state index contributed by atoms with van der Waals surface area (Å²) in [4.78, 5) is 4.27. The fraction of sp³-hybridized carbons (Fsp3) is 0. The highest BCUT2D eigenvalue weighted by Gasteiger charge is 2.08. The van der Waals surface area contributed by atoms with E-state index in [0.717, 1.165) is 5.56 Å². The smallest absolute Gasteiger partial charge is 0.200 e. The minimum absolute atomic E-state index is 0.567. The molecule has 2 N–H and O–H groups in total. The number of rotatable bonds is 2. The molecule has 0 radical (unpaired) electrons. The molecule has 0 amide bonds. The van der Waals surface area contributed by atoms with E-state index in [2.05, 4.69) is 30.7 Å². The Hall–Kier alpha value is -3.36. The standard InChI is InChI=1S/C12H9N9/c13-9-3-1-8(2-4-9)12-14-7-20(17-12)11-6-5-10-15-18-19-21(10)16-11/h1-7H,13H2. The Balaban J connectivity index is 1.74. The zero-order valence-corrected chi connectivity index (χ0v) is 10.7. The van der Waals surface area contributed by atoms with Crippen LogP contribution in [0.4, 0.5) is 5.69 Å². The van der Waals surface area contributed by atoms with Gasteiger partial charge in [-0.25, -0.2) is 9.67 Å². The van der Waals surface area contributed by atoms with Crippen LogP contribution in [-0.2, 0) is 0 Å². The molecule has 0 spiro atoms. The molecule has 3 heterocycles. The second kappa shape index (κ2) is 4.34. The number of tetrazole rings is 1. The molecule has 21 heavy (non-hydrogen) atoms. The number of nitrogen functional groups attached to an aromatic ring is 1. The van der Waals surface area contributed by atoms with Gasteiger partial charge in [0.05, 0.1) is 0 Å². The molecule has 0 bridgehead atoms. The Kier molecular flexibility index (Phi) is 2.37. The normalized spacial score (nSPS) is 11.0. The number of benzene rings is 1. The Morgan fingerprint density at radius 1 is 0.952 bits per heavy atom. The lowest BCUT2D eigenvalue weighted by Gasteiger charge is -1.98. The van der Waals surface area contributed by atoms with Gasteiger partial charge in [-0.1, -0.05) is 0 Å². The molecule has 0 unspecified atom stereocenters. The van der Waals surface area contributed by atoms with E-state index < -0.39 is 0 Å². The number of aromatic nitrogens is 8. The largest absolute Gasteiger partial charge is 0.399 e. The van der Waals surface area contributed by atoms with Crippen molar-refractivity contribution >= 4 is 11.3 Å². The van der Waals surface area contributed by atoms with E-state index in [0.29, 0.717) is 23.0 Å². The molecule has 0 aliphatic rings. The third kappa shape index (κ3) is 1.96. The van der Waals surface area contributed by atoms with Crippen molar-refractivity contribution in [3.8, 4) is 17.2 Å². The maximum Gasteiger partial charge on any atom is 0.200 e. The summed E-state index contributed by atoms with van der Waals surface area (Å²) in [6.07, 6.45) is 1.59. The van der Waals surface area contributed by atoms with Crippen LogP contribution in [0.3, 0.4) is 0 Å². The van der Waals surface area contributed by atoms with Gasteiger partial charge >= 0.3 is 0 Å². The second-order valence-corrected chi connectivity index (χ2v) is 4.35. The number of hydrogen-bond donors (Lipinski definition) is 1. The number of nitrogens with zero attached hydrogens (tertiary/aromatic N) is 8. The lowest BCUT2D eigenvalue weighted by Crippen LogP contribution is -2.03. The fourth-order valence-electron chi connectivity index (χ4n) is 1.90. The van der Waals surface area contributed by atoms with E-state index in [9.17, 15) is 0 Å². The Morgan fingerprint density at radius 2 is 1.81 bits per heavy atom.